The van der Waals surface area contributed by atoms with Crippen LogP contribution in [-0.2, 0) is 16.0 Å². The molecule has 0 fully saturated rings. The fourth-order valence-corrected chi connectivity index (χ4v) is 3.14. The molecule has 1 atom stereocenters. The largest absolute Gasteiger partial charge is 0.481 e. The SMILES string of the molecule is O=C(O)C[C@H](NC(=O)CCCc1cccs1)c1ccc(Cl)cc1. The first-order chi connectivity index (χ1) is 11.0. The minimum atomic E-state index is -0.955. The maximum absolute atomic E-state index is 12.1. The number of carbonyl (C=O) groups excluding carboxylic acids is 1. The number of thiophene rings is 1. The van der Waals surface area contributed by atoms with E-state index in [0.717, 1.165) is 18.4 Å². The zero-order valence-electron chi connectivity index (χ0n) is 12.5. The van der Waals surface area contributed by atoms with Crippen LogP contribution < -0.4 is 5.32 Å². The van der Waals surface area contributed by atoms with Gasteiger partial charge in [-0.3, -0.25) is 9.59 Å². The van der Waals surface area contributed by atoms with Crippen molar-refractivity contribution in [2.75, 3.05) is 0 Å². The number of aliphatic carboxylic acids is 1. The van der Waals surface area contributed by atoms with E-state index in [1.54, 1.807) is 35.6 Å². The Bertz CT molecular complexity index is 640. The molecule has 0 bridgehead atoms. The predicted octanol–water partition coefficient (Wildman–Crippen LogP) is 4.06. The molecule has 0 saturated carbocycles. The van der Waals surface area contributed by atoms with Gasteiger partial charge in [0.1, 0.15) is 0 Å². The first kappa shape index (κ1) is 17.5. The molecule has 2 rings (SSSR count). The first-order valence-corrected chi connectivity index (χ1v) is 8.59. The maximum atomic E-state index is 12.1. The number of hydrogen-bond acceptors (Lipinski definition) is 3. The van der Waals surface area contributed by atoms with Gasteiger partial charge >= 0.3 is 5.97 Å². The molecule has 6 heteroatoms. The Morgan fingerprint density at radius 3 is 2.57 bits per heavy atom. The van der Waals surface area contributed by atoms with Crippen molar-refractivity contribution in [2.24, 2.45) is 0 Å². The lowest BCUT2D eigenvalue weighted by Gasteiger charge is -2.17. The van der Waals surface area contributed by atoms with Gasteiger partial charge in [0, 0.05) is 16.3 Å². The van der Waals surface area contributed by atoms with Crippen LogP contribution in [0.2, 0.25) is 5.02 Å². The summed E-state index contributed by atoms with van der Waals surface area (Å²) in [5.41, 5.74) is 0.739. The van der Waals surface area contributed by atoms with Gasteiger partial charge in [-0.2, -0.15) is 0 Å². The topological polar surface area (TPSA) is 66.4 Å². The number of nitrogens with one attached hydrogen (secondary N) is 1. The molecule has 1 aromatic heterocycles. The summed E-state index contributed by atoms with van der Waals surface area (Å²) >= 11 is 7.52. The standard InChI is InChI=1S/C17H18ClNO3S/c18-13-8-6-12(7-9-13)15(11-17(21)22)19-16(20)5-1-3-14-4-2-10-23-14/h2,4,6-10,15H,1,3,5,11H2,(H,19,20)(H,21,22)/t15-/m0/s1. The van der Waals surface area contributed by atoms with Gasteiger partial charge in [-0.05, 0) is 42.0 Å². The van der Waals surface area contributed by atoms with E-state index in [1.165, 1.54) is 4.88 Å². The summed E-state index contributed by atoms with van der Waals surface area (Å²) in [7, 11) is 0. The molecule has 2 aromatic rings. The zero-order valence-corrected chi connectivity index (χ0v) is 14.1. The molecule has 1 heterocycles. The third-order valence-corrected chi connectivity index (χ3v) is 4.58. The van der Waals surface area contributed by atoms with Crippen LogP contribution in [0, 0.1) is 0 Å². The third-order valence-electron chi connectivity index (χ3n) is 3.39. The van der Waals surface area contributed by atoms with Gasteiger partial charge in [-0.25, -0.2) is 0 Å². The molecule has 0 aliphatic heterocycles. The van der Waals surface area contributed by atoms with Crippen LogP contribution in [0.5, 0.6) is 0 Å². The number of carboxylic acid groups (broad SMARTS) is 1. The molecule has 4 nitrogen and oxygen atoms in total. The summed E-state index contributed by atoms with van der Waals surface area (Å²) in [6.07, 6.45) is 1.82. The van der Waals surface area contributed by atoms with E-state index < -0.39 is 12.0 Å². The minimum absolute atomic E-state index is 0.136. The fraction of sp³-hybridized carbons (Fsp3) is 0.294. The number of amides is 1. The molecule has 0 aliphatic rings. The molecule has 122 valence electrons. The molecular formula is C17H18ClNO3S. The van der Waals surface area contributed by atoms with Crippen LogP contribution in [0.3, 0.4) is 0 Å². The van der Waals surface area contributed by atoms with Crippen molar-refractivity contribution in [3.8, 4) is 0 Å². The Hall–Kier alpha value is -1.85. The molecule has 0 aliphatic carbocycles. The van der Waals surface area contributed by atoms with Crippen molar-refractivity contribution >= 4 is 34.8 Å². The highest BCUT2D eigenvalue weighted by atomic mass is 35.5. The molecule has 2 N–H and O–H groups in total. The Balaban J connectivity index is 1.89. The van der Waals surface area contributed by atoms with Gasteiger partial charge in [0.05, 0.1) is 12.5 Å². The van der Waals surface area contributed by atoms with E-state index in [2.05, 4.69) is 5.32 Å². The van der Waals surface area contributed by atoms with Crippen LogP contribution in [0.15, 0.2) is 41.8 Å². The summed E-state index contributed by atoms with van der Waals surface area (Å²) in [5, 5.41) is 14.4. The number of benzene rings is 1. The number of carbonyl (C=O) groups is 2. The van der Waals surface area contributed by atoms with Gasteiger partial charge in [0.25, 0.3) is 0 Å². The highest BCUT2D eigenvalue weighted by molar-refractivity contribution is 7.09. The average Bonchev–Trinajstić information content (AvgIpc) is 3.00. The van der Waals surface area contributed by atoms with Crippen LogP contribution in [0.1, 0.15) is 35.7 Å². The van der Waals surface area contributed by atoms with Crippen molar-refractivity contribution in [3.63, 3.8) is 0 Å². The molecular weight excluding hydrogens is 334 g/mol. The van der Waals surface area contributed by atoms with E-state index in [9.17, 15) is 9.59 Å². The zero-order chi connectivity index (χ0) is 16.7. The van der Waals surface area contributed by atoms with Crippen molar-refractivity contribution in [3.05, 3.63) is 57.2 Å². The fourth-order valence-electron chi connectivity index (χ4n) is 2.27. The third kappa shape index (κ3) is 6.04. The van der Waals surface area contributed by atoms with Crippen LogP contribution in [-0.4, -0.2) is 17.0 Å². The molecule has 1 amide bonds. The lowest BCUT2D eigenvalue weighted by molar-refractivity contribution is -0.137. The first-order valence-electron chi connectivity index (χ1n) is 7.33. The molecule has 0 radical (unpaired) electrons. The van der Waals surface area contributed by atoms with Gasteiger partial charge in [0.15, 0.2) is 0 Å². The normalized spacial score (nSPS) is 11.9. The van der Waals surface area contributed by atoms with Crippen LogP contribution >= 0.6 is 22.9 Å². The summed E-state index contributed by atoms with van der Waals surface area (Å²) in [6, 6.07) is 10.3. The molecule has 0 spiro atoms. The Morgan fingerprint density at radius 2 is 1.96 bits per heavy atom. The lowest BCUT2D eigenvalue weighted by Crippen LogP contribution is -2.30. The number of aryl methyl sites for hydroxylation is 1. The quantitative estimate of drug-likeness (QED) is 0.753. The Morgan fingerprint density at radius 1 is 1.22 bits per heavy atom. The van der Waals surface area contributed by atoms with E-state index in [0.29, 0.717) is 11.4 Å². The number of hydrogen-bond donors (Lipinski definition) is 2. The molecule has 0 saturated heterocycles. The van der Waals surface area contributed by atoms with Crippen molar-refractivity contribution in [1.82, 2.24) is 5.32 Å². The second-order valence-corrected chi connectivity index (χ2v) is 6.67. The molecule has 23 heavy (non-hydrogen) atoms. The predicted molar refractivity (Wildman–Crippen MR) is 91.8 cm³/mol. The van der Waals surface area contributed by atoms with E-state index in [1.807, 2.05) is 17.5 Å². The van der Waals surface area contributed by atoms with E-state index in [4.69, 9.17) is 16.7 Å². The van der Waals surface area contributed by atoms with Gasteiger partial charge in [-0.1, -0.05) is 29.8 Å². The Labute approximate surface area is 144 Å². The summed E-state index contributed by atoms with van der Waals surface area (Å²) in [4.78, 5) is 24.3. The highest BCUT2D eigenvalue weighted by Gasteiger charge is 2.18. The van der Waals surface area contributed by atoms with Crippen molar-refractivity contribution in [1.29, 1.82) is 0 Å². The second-order valence-electron chi connectivity index (χ2n) is 5.20. The average molecular weight is 352 g/mol. The summed E-state index contributed by atoms with van der Waals surface area (Å²) in [6.45, 7) is 0. The monoisotopic (exact) mass is 351 g/mol. The van der Waals surface area contributed by atoms with Crippen LogP contribution in [0.25, 0.3) is 0 Å². The highest BCUT2D eigenvalue weighted by Crippen LogP contribution is 2.20. The number of carboxylic acids is 1. The second kappa shape index (κ2) is 8.70. The van der Waals surface area contributed by atoms with Gasteiger partial charge in [0.2, 0.25) is 5.91 Å². The minimum Gasteiger partial charge on any atom is -0.481 e. The number of halogens is 1. The Kier molecular flexibility index (Phi) is 6.62. The van der Waals surface area contributed by atoms with Gasteiger partial charge < -0.3 is 10.4 Å². The van der Waals surface area contributed by atoms with E-state index >= 15 is 0 Å². The smallest absolute Gasteiger partial charge is 0.305 e. The summed E-state index contributed by atoms with van der Waals surface area (Å²) in [5.74, 6) is -1.09. The van der Waals surface area contributed by atoms with Gasteiger partial charge in [-0.15, -0.1) is 11.3 Å². The van der Waals surface area contributed by atoms with Crippen molar-refractivity contribution in [2.45, 2.75) is 31.7 Å². The number of rotatable bonds is 8. The summed E-state index contributed by atoms with van der Waals surface area (Å²) < 4.78 is 0. The van der Waals surface area contributed by atoms with Crippen molar-refractivity contribution < 1.29 is 14.7 Å². The lowest BCUT2D eigenvalue weighted by atomic mass is 10.0. The molecule has 0 unspecified atom stereocenters. The van der Waals surface area contributed by atoms with E-state index in [-0.39, 0.29) is 12.3 Å². The molecule has 1 aromatic carbocycles. The van der Waals surface area contributed by atoms with Crippen LogP contribution in [0.4, 0.5) is 0 Å². The maximum Gasteiger partial charge on any atom is 0.305 e.